The molecular weight excluding hydrogens is 232 g/mol. The first-order valence-corrected chi connectivity index (χ1v) is 5.99. The largest absolute Gasteiger partial charge is 0.325 e. The lowest BCUT2D eigenvalue weighted by molar-refractivity contribution is -0.117. The van der Waals surface area contributed by atoms with Crippen LogP contribution >= 0.6 is 0 Å². The number of benzene rings is 1. The van der Waals surface area contributed by atoms with E-state index in [1.165, 1.54) is 0 Å². The second kappa shape index (κ2) is 4.30. The SMILES string of the molecule is O=C(Nc1ccc2[nH]c(=O)[nH]c2c1)C1CCCN1. The second-order valence-electron chi connectivity index (χ2n) is 4.48. The van der Waals surface area contributed by atoms with Crippen LogP contribution in [0.15, 0.2) is 23.0 Å². The Morgan fingerprint density at radius 3 is 2.89 bits per heavy atom. The molecule has 1 unspecified atom stereocenters. The lowest BCUT2D eigenvalue weighted by Gasteiger charge is -2.10. The van der Waals surface area contributed by atoms with Gasteiger partial charge in [-0.05, 0) is 37.6 Å². The molecule has 1 atom stereocenters. The third-order valence-electron chi connectivity index (χ3n) is 3.16. The molecule has 1 fully saturated rings. The number of imidazole rings is 1. The van der Waals surface area contributed by atoms with E-state index in [9.17, 15) is 9.59 Å². The lowest BCUT2D eigenvalue weighted by atomic mass is 10.2. The Morgan fingerprint density at radius 2 is 2.11 bits per heavy atom. The first kappa shape index (κ1) is 11.0. The van der Waals surface area contributed by atoms with Gasteiger partial charge < -0.3 is 20.6 Å². The Morgan fingerprint density at radius 1 is 1.28 bits per heavy atom. The van der Waals surface area contributed by atoms with E-state index in [1.54, 1.807) is 18.2 Å². The summed E-state index contributed by atoms with van der Waals surface area (Å²) in [5.41, 5.74) is 1.87. The summed E-state index contributed by atoms with van der Waals surface area (Å²) in [6.07, 6.45) is 1.90. The van der Waals surface area contributed by atoms with Crippen LogP contribution in [0.25, 0.3) is 11.0 Å². The first-order valence-electron chi connectivity index (χ1n) is 5.99. The monoisotopic (exact) mass is 246 g/mol. The summed E-state index contributed by atoms with van der Waals surface area (Å²) < 4.78 is 0. The first-order chi connectivity index (χ1) is 8.72. The summed E-state index contributed by atoms with van der Waals surface area (Å²) >= 11 is 0. The third-order valence-corrected chi connectivity index (χ3v) is 3.16. The molecule has 0 saturated carbocycles. The number of amides is 1. The van der Waals surface area contributed by atoms with E-state index in [-0.39, 0.29) is 17.6 Å². The van der Waals surface area contributed by atoms with Gasteiger partial charge in [0.05, 0.1) is 17.1 Å². The van der Waals surface area contributed by atoms with Crippen molar-refractivity contribution in [1.82, 2.24) is 15.3 Å². The van der Waals surface area contributed by atoms with Crippen LogP contribution in [0.4, 0.5) is 5.69 Å². The zero-order valence-corrected chi connectivity index (χ0v) is 9.75. The number of carbonyl (C=O) groups is 1. The van der Waals surface area contributed by atoms with Crippen LogP contribution in [0.3, 0.4) is 0 Å². The molecule has 94 valence electrons. The van der Waals surface area contributed by atoms with Crippen molar-refractivity contribution in [3.05, 3.63) is 28.7 Å². The quantitative estimate of drug-likeness (QED) is 0.623. The fourth-order valence-electron chi connectivity index (χ4n) is 2.25. The number of hydrogen-bond acceptors (Lipinski definition) is 3. The molecule has 0 spiro atoms. The minimum atomic E-state index is -0.245. The van der Waals surface area contributed by atoms with Crippen LogP contribution in [-0.2, 0) is 4.79 Å². The summed E-state index contributed by atoms with van der Waals surface area (Å²) in [5, 5.41) is 5.99. The topological polar surface area (TPSA) is 89.8 Å². The van der Waals surface area contributed by atoms with Gasteiger partial charge in [-0.25, -0.2) is 4.79 Å². The lowest BCUT2D eigenvalue weighted by Crippen LogP contribution is -2.35. The van der Waals surface area contributed by atoms with Gasteiger partial charge in [0, 0.05) is 5.69 Å². The molecule has 3 rings (SSSR count). The second-order valence-corrected chi connectivity index (χ2v) is 4.48. The number of anilines is 1. The molecule has 1 aliphatic heterocycles. The summed E-state index contributed by atoms with van der Waals surface area (Å²) in [7, 11) is 0. The van der Waals surface area contributed by atoms with Crippen molar-refractivity contribution in [2.45, 2.75) is 18.9 Å². The fraction of sp³-hybridized carbons (Fsp3) is 0.333. The van der Waals surface area contributed by atoms with Crippen molar-refractivity contribution in [2.24, 2.45) is 0 Å². The Hall–Kier alpha value is -2.08. The highest BCUT2D eigenvalue weighted by Gasteiger charge is 2.21. The van der Waals surface area contributed by atoms with Gasteiger partial charge in [0.25, 0.3) is 0 Å². The Balaban J connectivity index is 1.81. The highest BCUT2D eigenvalue weighted by Crippen LogP contribution is 2.15. The molecular formula is C12H14N4O2. The maximum absolute atomic E-state index is 11.9. The molecule has 6 nitrogen and oxygen atoms in total. The molecule has 2 aromatic rings. The minimum Gasteiger partial charge on any atom is -0.325 e. The molecule has 1 amide bonds. The number of rotatable bonds is 2. The van der Waals surface area contributed by atoms with E-state index < -0.39 is 0 Å². The highest BCUT2D eigenvalue weighted by molar-refractivity contribution is 5.96. The van der Waals surface area contributed by atoms with Gasteiger partial charge >= 0.3 is 5.69 Å². The third kappa shape index (κ3) is 2.02. The number of nitrogens with one attached hydrogen (secondary N) is 4. The summed E-state index contributed by atoms with van der Waals surface area (Å²) in [6.45, 7) is 0.891. The van der Waals surface area contributed by atoms with Crippen LogP contribution in [0.2, 0.25) is 0 Å². The number of H-pyrrole nitrogens is 2. The average molecular weight is 246 g/mol. The van der Waals surface area contributed by atoms with E-state index in [0.717, 1.165) is 24.9 Å². The predicted octanol–water partition coefficient (Wildman–Crippen LogP) is 0.547. The van der Waals surface area contributed by atoms with Crippen LogP contribution in [0.1, 0.15) is 12.8 Å². The number of hydrogen-bond donors (Lipinski definition) is 4. The van der Waals surface area contributed by atoms with E-state index in [2.05, 4.69) is 20.6 Å². The molecule has 0 aliphatic carbocycles. The molecule has 1 aromatic carbocycles. The number of aromatic nitrogens is 2. The maximum Gasteiger partial charge on any atom is 0.323 e. The van der Waals surface area contributed by atoms with Gasteiger partial charge in [0.1, 0.15) is 0 Å². The zero-order valence-electron chi connectivity index (χ0n) is 9.75. The van der Waals surface area contributed by atoms with E-state index in [1.807, 2.05) is 0 Å². The van der Waals surface area contributed by atoms with E-state index in [0.29, 0.717) is 11.2 Å². The van der Waals surface area contributed by atoms with Gasteiger partial charge in [-0.2, -0.15) is 0 Å². The van der Waals surface area contributed by atoms with Gasteiger partial charge in [0.2, 0.25) is 5.91 Å². The standard InChI is InChI=1S/C12H14N4O2/c17-11(9-2-1-5-13-9)14-7-3-4-8-10(6-7)16-12(18)15-8/h3-4,6,9,13H,1-2,5H2,(H,14,17)(H2,15,16,18). The number of carbonyl (C=O) groups excluding carboxylic acids is 1. The van der Waals surface area contributed by atoms with Crippen LogP contribution < -0.4 is 16.3 Å². The molecule has 18 heavy (non-hydrogen) atoms. The minimum absolute atomic E-state index is 0.0234. The number of aromatic amines is 2. The summed E-state index contributed by atoms with van der Waals surface area (Å²) in [6, 6.07) is 5.19. The molecule has 1 saturated heterocycles. The van der Waals surface area contributed by atoms with Crippen molar-refractivity contribution in [1.29, 1.82) is 0 Å². The number of fused-ring (bicyclic) bond motifs is 1. The van der Waals surface area contributed by atoms with Crippen LogP contribution in [-0.4, -0.2) is 28.5 Å². The highest BCUT2D eigenvalue weighted by atomic mass is 16.2. The smallest absolute Gasteiger partial charge is 0.323 e. The van der Waals surface area contributed by atoms with Gasteiger partial charge in [-0.1, -0.05) is 0 Å². The Bertz CT molecular complexity index is 637. The molecule has 4 N–H and O–H groups in total. The molecule has 1 aromatic heterocycles. The van der Waals surface area contributed by atoms with Crippen molar-refractivity contribution >= 4 is 22.6 Å². The van der Waals surface area contributed by atoms with Gasteiger partial charge in [0.15, 0.2) is 0 Å². The maximum atomic E-state index is 11.9. The van der Waals surface area contributed by atoms with E-state index >= 15 is 0 Å². The van der Waals surface area contributed by atoms with Gasteiger partial charge in [-0.15, -0.1) is 0 Å². The van der Waals surface area contributed by atoms with E-state index in [4.69, 9.17) is 0 Å². The molecule has 0 bridgehead atoms. The fourth-order valence-corrected chi connectivity index (χ4v) is 2.25. The van der Waals surface area contributed by atoms with Gasteiger partial charge in [-0.3, -0.25) is 4.79 Å². The van der Waals surface area contributed by atoms with Crippen molar-refractivity contribution in [3.8, 4) is 0 Å². The molecule has 1 aliphatic rings. The Labute approximate surface area is 103 Å². The molecule has 6 heteroatoms. The molecule has 0 radical (unpaired) electrons. The zero-order chi connectivity index (χ0) is 12.5. The predicted molar refractivity (Wildman–Crippen MR) is 68.6 cm³/mol. The van der Waals surface area contributed by atoms with Crippen molar-refractivity contribution in [3.63, 3.8) is 0 Å². The average Bonchev–Trinajstić information content (AvgIpc) is 2.95. The van der Waals surface area contributed by atoms with Crippen molar-refractivity contribution in [2.75, 3.05) is 11.9 Å². The van der Waals surface area contributed by atoms with Crippen LogP contribution in [0, 0.1) is 0 Å². The van der Waals surface area contributed by atoms with Crippen LogP contribution in [0.5, 0.6) is 0 Å². The summed E-state index contributed by atoms with van der Waals surface area (Å²) in [4.78, 5) is 28.3. The van der Waals surface area contributed by atoms with Crippen molar-refractivity contribution < 1.29 is 4.79 Å². The normalized spacial score (nSPS) is 19.2. The Kier molecular flexibility index (Phi) is 2.64. The molecule has 2 heterocycles. The summed E-state index contributed by atoms with van der Waals surface area (Å²) in [5.74, 6) is -0.0234.